The SMILES string of the molecule is CC(NC(=O)NCc1nc2ccccc2s1)c1ccncc1. The summed E-state index contributed by atoms with van der Waals surface area (Å²) in [7, 11) is 0. The summed E-state index contributed by atoms with van der Waals surface area (Å²) in [6.07, 6.45) is 3.43. The lowest BCUT2D eigenvalue weighted by atomic mass is 10.1. The van der Waals surface area contributed by atoms with Crippen molar-refractivity contribution in [2.24, 2.45) is 0 Å². The number of aromatic nitrogens is 2. The molecule has 1 aromatic carbocycles. The Morgan fingerprint density at radius 1 is 1.23 bits per heavy atom. The third kappa shape index (κ3) is 3.40. The Morgan fingerprint density at radius 3 is 2.77 bits per heavy atom. The lowest BCUT2D eigenvalue weighted by Gasteiger charge is -2.14. The predicted molar refractivity (Wildman–Crippen MR) is 87.6 cm³/mol. The molecule has 5 nitrogen and oxygen atoms in total. The average Bonchev–Trinajstić information content (AvgIpc) is 2.96. The van der Waals surface area contributed by atoms with Crippen LogP contribution in [0.25, 0.3) is 10.2 Å². The number of hydrogen-bond acceptors (Lipinski definition) is 4. The molecule has 0 spiro atoms. The zero-order valence-electron chi connectivity index (χ0n) is 12.1. The summed E-state index contributed by atoms with van der Waals surface area (Å²) < 4.78 is 1.13. The van der Waals surface area contributed by atoms with Gasteiger partial charge in [-0.3, -0.25) is 4.98 Å². The van der Waals surface area contributed by atoms with Crippen molar-refractivity contribution >= 4 is 27.6 Å². The lowest BCUT2D eigenvalue weighted by molar-refractivity contribution is 0.237. The molecule has 0 saturated carbocycles. The molecule has 1 atom stereocenters. The van der Waals surface area contributed by atoms with E-state index in [0.29, 0.717) is 6.54 Å². The van der Waals surface area contributed by atoms with E-state index in [1.54, 1.807) is 23.7 Å². The third-order valence-corrected chi connectivity index (χ3v) is 4.33. The minimum atomic E-state index is -0.205. The summed E-state index contributed by atoms with van der Waals surface area (Å²) in [6.45, 7) is 2.36. The van der Waals surface area contributed by atoms with E-state index in [2.05, 4.69) is 20.6 Å². The number of carbonyl (C=O) groups excluding carboxylic acids is 1. The number of amides is 2. The Morgan fingerprint density at radius 2 is 2.00 bits per heavy atom. The molecule has 3 aromatic rings. The molecule has 112 valence electrons. The van der Waals surface area contributed by atoms with Crippen LogP contribution < -0.4 is 10.6 Å². The molecule has 2 aromatic heterocycles. The molecule has 0 bridgehead atoms. The monoisotopic (exact) mass is 312 g/mol. The van der Waals surface area contributed by atoms with Gasteiger partial charge in [0.05, 0.1) is 22.8 Å². The highest BCUT2D eigenvalue weighted by atomic mass is 32.1. The number of rotatable bonds is 4. The molecule has 0 fully saturated rings. The van der Waals surface area contributed by atoms with Crippen LogP contribution in [0.5, 0.6) is 0 Å². The van der Waals surface area contributed by atoms with Crippen LogP contribution >= 0.6 is 11.3 Å². The number of carbonyl (C=O) groups is 1. The van der Waals surface area contributed by atoms with E-state index in [1.807, 2.05) is 43.3 Å². The Kier molecular flexibility index (Phi) is 4.29. The second-order valence-corrected chi connectivity index (χ2v) is 6.02. The molecule has 2 N–H and O–H groups in total. The smallest absolute Gasteiger partial charge is 0.315 e. The maximum absolute atomic E-state index is 12.0. The van der Waals surface area contributed by atoms with Gasteiger partial charge in [-0.1, -0.05) is 12.1 Å². The van der Waals surface area contributed by atoms with Gasteiger partial charge in [0, 0.05) is 12.4 Å². The minimum absolute atomic E-state index is 0.0710. The molecule has 0 aliphatic heterocycles. The number of fused-ring (bicyclic) bond motifs is 1. The molecule has 0 saturated heterocycles. The van der Waals surface area contributed by atoms with Crippen LogP contribution in [-0.2, 0) is 6.54 Å². The molecule has 1 unspecified atom stereocenters. The quantitative estimate of drug-likeness (QED) is 0.777. The van der Waals surface area contributed by atoms with Gasteiger partial charge >= 0.3 is 6.03 Å². The van der Waals surface area contributed by atoms with Crippen LogP contribution in [-0.4, -0.2) is 16.0 Å². The van der Waals surface area contributed by atoms with Gasteiger partial charge in [-0.15, -0.1) is 11.3 Å². The van der Waals surface area contributed by atoms with E-state index < -0.39 is 0 Å². The van der Waals surface area contributed by atoms with Crippen LogP contribution in [0.4, 0.5) is 4.79 Å². The van der Waals surface area contributed by atoms with Crippen molar-refractivity contribution < 1.29 is 4.79 Å². The Hall–Kier alpha value is -2.47. The number of benzene rings is 1. The standard InChI is InChI=1S/C16H16N4OS/c1-11(12-6-8-17-9-7-12)19-16(21)18-10-15-20-13-4-2-3-5-14(13)22-15/h2-9,11H,10H2,1H3,(H2,18,19,21). The first kappa shape index (κ1) is 14.5. The largest absolute Gasteiger partial charge is 0.332 e. The predicted octanol–water partition coefficient (Wildman–Crippen LogP) is 3.25. The zero-order valence-corrected chi connectivity index (χ0v) is 12.9. The molecule has 22 heavy (non-hydrogen) atoms. The highest BCUT2D eigenvalue weighted by Gasteiger charge is 2.10. The van der Waals surface area contributed by atoms with Gasteiger partial charge in [-0.05, 0) is 36.8 Å². The maximum atomic E-state index is 12.0. The van der Waals surface area contributed by atoms with Crippen LogP contribution in [0.1, 0.15) is 23.5 Å². The maximum Gasteiger partial charge on any atom is 0.315 e. The number of thiazole rings is 1. The zero-order chi connectivity index (χ0) is 15.4. The fraction of sp³-hybridized carbons (Fsp3) is 0.188. The highest BCUT2D eigenvalue weighted by molar-refractivity contribution is 7.18. The molecule has 3 rings (SSSR count). The number of nitrogens with one attached hydrogen (secondary N) is 2. The van der Waals surface area contributed by atoms with Gasteiger partial charge < -0.3 is 10.6 Å². The van der Waals surface area contributed by atoms with Crippen LogP contribution in [0.15, 0.2) is 48.8 Å². The molecule has 2 heterocycles. The third-order valence-electron chi connectivity index (χ3n) is 3.29. The number of urea groups is 1. The highest BCUT2D eigenvalue weighted by Crippen LogP contribution is 2.21. The summed E-state index contributed by atoms with van der Waals surface area (Å²) >= 11 is 1.59. The summed E-state index contributed by atoms with van der Waals surface area (Å²) in [6, 6.07) is 11.4. The first-order chi connectivity index (χ1) is 10.7. The Balaban J connectivity index is 1.56. The first-order valence-corrected chi connectivity index (χ1v) is 7.83. The van der Waals surface area contributed by atoms with E-state index in [4.69, 9.17) is 0 Å². The van der Waals surface area contributed by atoms with Crippen LogP contribution in [0.2, 0.25) is 0 Å². The van der Waals surface area contributed by atoms with Gasteiger partial charge in [0.15, 0.2) is 0 Å². The second-order valence-electron chi connectivity index (χ2n) is 4.90. The lowest BCUT2D eigenvalue weighted by Crippen LogP contribution is -2.36. The van der Waals surface area contributed by atoms with Crippen molar-refractivity contribution in [2.45, 2.75) is 19.5 Å². The Bertz CT molecular complexity index is 739. The van der Waals surface area contributed by atoms with Crippen LogP contribution in [0.3, 0.4) is 0 Å². The summed E-state index contributed by atoms with van der Waals surface area (Å²) in [5.74, 6) is 0. The van der Waals surface area contributed by atoms with Crippen molar-refractivity contribution in [1.82, 2.24) is 20.6 Å². The molecule has 0 aliphatic rings. The summed E-state index contributed by atoms with van der Waals surface area (Å²) in [5, 5.41) is 6.64. The fourth-order valence-corrected chi connectivity index (χ4v) is 3.04. The number of pyridine rings is 1. The first-order valence-electron chi connectivity index (χ1n) is 7.01. The van der Waals surface area contributed by atoms with E-state index in [1.165, 1.54) is 0 Å². The number of para-hydroxylation sites is 1. The normalized spacial score (nSPS) is 12.0. The molecular weight excluding hydrogens is 296 g/mol. The van der Waals surface area contributed by atoms with E-state index in [-0.39, 0.29) is 12.1 Å². The fourth-order valence-electron chi connectivity index (χ4n) is 2.13. The minimum Gasteiger partial charge on any atom is -0.332 e. The van der Waals surface area contributed by atoms with E-state index in [9.17, 15) is 4.79 Å². The van der Waals surface area contributed by atoms with Crippen molar-refractivity contribution in [2.75, 3.05) is 0 Å². The van der Waals surface area contributed by atoms with Gasteiger partial charge in [-0.2, -0.15) is 0 Å². The second kappa shape index (κ2) is 6.53. The number of hydrogen-bond donors (Lipinski definition) is 2. The Labute approximate surface area is 132 Å². The summed E-state index contributed by atoms with van der Waals surface area (Å²) in [4.78, 5) is 20.4. The van der Waals surface area contributed by atoms with Gasteiger partial charge in [0.25, 0.3) is 0 Å². The van der Waals surface area contributed by atoms with Gasteiger partial charge in [0.2, 0.25) is 0 Å². The van der Waals surface area contributed by atoms with E-state index >= 15 is 0 Å². The average molecular weight is 312 g/mol. The molecule has 2 amide bonds. The topological polar surface area (TPSA) is 66.9 Å². The van der Waals surface area contributed by atoms with E-state index in [0.717, 1.165) is 20.8 Å². The van der Waals surface area contributed by atoms with Gasteiger partial charge in [0.1, 0.15) is 5.01 Å². The van der Waals surface area contributed by atoms with Crippen LogP contribution in [0, 0.1) is 0 Å². The molecule has 6 heteroatoms. The van der Waals surface area contributed by atoms with Crippen molar-refractivity contribution in [3.63, 3.8) is 0 Å². The number of nitrogens with zero attached hydrogens (tertiary/aromatic N) is 2. The molecule has 0 radical (unpaired) electrons. The van der Waals surface area contributed by atoms with Gasteiger partial charge in [-0.25, -0.2) is 9.78 Å². The van der Waals surface area contributed by atoms with Crippen molar-refractivity contribution in [3.05, 3.63) is 59.4 Å². The van der Waals surface area contributed by atoms with Crippen molar-refractivity contribution in [1.29, 1.82) is 0 Å². The molecular formula is C16H16N4OS. The molecule has 0 aliphatic carbocycles. The van der Waals surface area contributed by atoms with Crippen molar-refractivity contribution in [3.8, 4) is 0 Å². The summed E-state index contributed by atoms with van der Waals surface area (Å²) in [5.41, 5.74) is 1.99.